The fraction of sp³-hybridized carbons (Fsp3) is 0.350. The van der Waals surface area contributed by atoms with Gasteiger partial charge in [-0.3, -0.25) is 0 Å². The maximum Gasteiger partial charge on any atom is 0.433 e. The Morgan fingerprint density at radius 1 is 1.19 bits per heavy atom. The summed E-state index contributed by atoms with van der Waals surface area (Å²) in [6, 6.07) is 6.54. The highest BCUT2D eigenvalue weighted by Gasteiger charge is 2.32. The lowest BCUT2D eigenvalue weighted by Crippen LogP contribution is -2.38. The number of hydrogen-bond acceptors (Lipinski definition) is 8. The van der Waals surface area contributed by atoms with Crippen LogP contribution < -0.4 is 10.6 Å². The topological polar surface area (TPSA) is 83.0 Å². The van der Waals surface area contributed by atoms with Crippen LogP contribution in [0.5, 0.6) is 0 Å². The van der Waals surface area contributed by atoms with Crippen LogP contribution in [0, 0.1) is 6.92 Å². The summed E-state index contributed by atoms with van der Waals surface area (Å²) in [5.41, 5.74) is 1.43. The Balaban J connectivity index is 1.49. The number of aliphatic hydroxyl groups is 1. The van der Waals surface area contributed by atoms with E-state index in [4.69, 9.17) is 0 Å². The Labute approximate surface area is 185 Å². The lowest BCUT2D eigenvalue weighted by molar-refractivity contribution is -0.141. The number of nitrogens with zero attached hydrogens (tertiary/aromatic N) is 3. The SMILES string of the molecule is Cc1cc(Nc2nccc(C(F)(F)F)n2)cc(-c2cnc(CNC3CSCC3O)s2)c1. The molecule has 3 N–H and O–H groups in total. The highest BCUT2D eigenvalue weighted by Crippen LogP contribution is 2.31. The van der Waals surface area contributed by atoms with Gasteiger partial charge in [0.2, 0.25) is 5.95 Å². The highest BCUT2D eigenvalue weighted by atomic mass is 32.2. The molecule has 1 aromatic carbocycles. The Hall–Kier alpha value is -2.21. The standard InChI is InChI=1S/C20H20F3N5OS2/c1-11-4-12(16-7-26-18(31-16)8-25-14-9-30-10-15(14)29)6-13(5-11)27-19-24-3-2-17(28-19)20(21,22)23/h2-7,14-15,25,29H,8-10H2,1H3,(H,24,27,28). The van der Waals surface area contributed by atoms with Gasteiger partial charge in [0.15, 0.2) is 0 Å². The molecular formula is C20H20F3N5OS2. The van der Waals surface area contributed by atoms with Crippen molar-refractivity contribution in [1.29, 1.82) is 0 Å². The van der Waals surface area contributed by atoms with Crippen LogP contribution in [0.1, 0.15) is 16.3 Å². The van der Waals surface area contributed by atoms with Gasteiger partial charge >= 0.3 is 6.18 Å². The minimum absolute atomic E-state index is 0.0691. The molecule has 164 valence electrons. The molecule has 0 spiro atoms. The van der Waals surface area contributed by atoms with Crippen molar-refractivity contribution in [1.82, 2.24) is 20.3 Å². The van der Waals surface area contributed by atoms with Gasteiger partial charge in [-0.15, -0.1) is 11.3 Å². The summed E-state index contributed by atoms with van der Waals surface area (Å²) in [6.07, 6.45) is -2.01. The predicted molar refractivity (Wildman–Crippen MR) is 117 cm³/mol. The summed E-state index contributed by atoms with van der Waals surface area (Å²) in [7, 11) is 0. The van der Waals surface area contributed by atoms with E-state index in [1.165, 1.54) is 11.3 Å². The van der Waals surface area contributed by atoms with E-state index in [1.807, 2.05) is 25.1 Å². The molecule has 6 nitrogen and oxygen atoms in total. The number of anilines is 2. The molecular weight excluding hydrogens is 447 g/mol. The number of alkyl halides is 3. The van der Waals surface area contributed by atoms with E-state index < -0.39 is 11.9 Å². The molecule has 31 heavy (non-hydrogen) atoms. The van der Waals surface area contributed by atoms with Gasteiger partial charge in [-0.25, -0.2) is 15.0 Å². The third-order valence-corrected chi connectivity index (χ3v) is 6.90. The molecule has 1 fully saturated rings. The number of thiazole rings is 1. The van der Waals surface area contributed by atoms with E-state index in [-0.39, 0.29) is 18.1 Å². The molecule has 2 aromatic heterocycles. The van der Waals surface area contributed by atoms with Crippen molar-refractivity contribution in [2.45, 2.75) is 31.8 Å². The second-order valence-electron chi connectivity index (χ2n) is 7.19. The Bertz CT molecular complexity index is 1060. The van der Waals surface area contributed by atoms with Crippen molar-refractivity contribution in [3.8, 4) is 10.4 Å². The summed E-state index contributed by atoms with van der Waals surface area (Å²) in [6.45, 7) is 2.48. The fourth-order valence-corrected chi connectivity index (χ4v) is 5.24. The number of aromatic nitrogens is 3. The lowest BCUT2D eigenvalue weighted by atomic mass is 10.1. The van der Waals surface area contributed by atoms with Gasteiger partial charge in [-0.1, -0.05) is 6.07 Å². The van der Waals surface area contributed by atoms with Crippen LogP contribution in [-0.4, -0.2) is 43.7 Å². The van der Waals surface area contributed by atoms with Crippen LogP contribution in [0.15, 0.2) is 36.7 Å². The molecule has 0 amide bonds. The molecule has 2 unspecified atom stereocenters. The van der Waals surface area contributed by atoms with E-state index in [9.17, 15) is 18.3 Å². The third-order valence-electron chi connectivity index (χ3n) is 4.68. The first kappa shape index (κ1) is 22.0. The summed E-state index contributed by atoms with van der Waals surface area (Å²) < 4.78 is 38.7. The Morgan fingerprint density at radius 3 is 2.77 bits per heavy atom. The molecule has 3 heterocycles. The molecule has 0 radical (unpaired) electrons. The highest BCUT2D eigenvalue weighted by molar-refractivity contribution is 7.99. The first-order chi connectivity index (χ1) is 14.8. The molecule has 2 atom stereocenters. The minimum Gasteiger partial charge on any atom is -0.391 e. The van der Waals surface area contributed by atoms with E-state index in [1.54, 1.807) is 18.0 Å². The second-order valence-corrected chi connectivity index (χ2v) is 9.38. The van der Waals surface area contributed by atoms with Crippen LogP contribution in [0.2, 0.25) is 0 Å². The molecule has 4 rings (SSSR count). The number of aryl methyl sites for hydroxylation is 1. The zero-order valence-corrected chi connectivity index (χ0v) is 18.1. The number of rotatable bonds is 6. The second kappa shape index (κ2) is 9.11. The smallest absolute Gasteiger partial charge is 0.391 e. The van der Waals surface area contributed by atoms with Crippen molar-refractivity contribution < 1.29 is 18.3 Å². The van der Waals surface area contributed by atoms with E-state index in [2.05, 4.69) is 25.6 Å². The van der Waals surface area contributed by atoms with Gasteiger partial charge in [0.05, 0.1) is 11.0 Å². The molecule has 3 aromatic rings. The summed E-state index contributed by atoms with van der Waals surface area (Å²) >= 11 is 3.25. The molecule has 1 saturated heterocycles. The zero-order chi connectivity index (χ0) is 22.0. The Morgan fingerprint density at radius 2 is 2.03 bits per heavy atom. The zero-order valence-electron chi connectivity index (χ0n) is 16.5. The molecule has 1 aliphatic rings. The average Bonchev–Trinajstić information content (AvgIpc) is 3.34. The van der Waals surface area contributed by atoms with Crippen LogP contribution in [0.25, 0.3) is 10.4 Å². The monoisotopic (exact) mass is 467 g/mol. The summed E-state index contributed by atoms with van der Waals surface area (Å²) in [4.78, 5) is 12.8. The number of nitrogens with one attached hydrogen (secondary N) is 2. The van der Waals surface area contributed by atoms with Crippen molar-refractivity contribution in [3.05, 3.63) is 52.9 Å². The Kier molecular flexibility index (Phi) is 6.47. The minimum atomic E-state index is -4.53. The first-order valence-corrected chi connectivity index (χ1v) is 11.5. The van der Waals surface area contributed by atoms with Crippen molar-refractivity contribution in [3.63, 3.8) is 0 Å². The molecule has 0 bridgehead atoms. The largest absolute Gasteiger partial charge is 0.433 e. The van der Waals surface area contributed by atoms with Crippen molar-refractivity contribution >= 4 is 34.7 Å². The number of benzene rings is 1. The normalized spacial score (nSPS) is 19.0. The van der Waals surface area contributed by atoms with Crippen molar-refractivity contribution in [2.75, 3.05) is 16.8 Å². The van der Waals surface area contributed by atoms with Gasteiger partial charge in [0.25, 0.3) is 0 Å². The maximum absolute atomic E-state index is 12.9. The van der Waals surface area contributed by atoms with E-state index in [0.717, 1.165) is 44.8 Å². The summed E-state index contributed by atoms with van der Waals surface area (Å²) in [5, 5.41) is 17.0. The fourth-order valence-electron chi connectivity index (χ4n) is 3.19. The van der Waals surface area contributed by atoms with Crippen LogP contribution in [0.4, 0.5) is 24.8 Å². The van der Waals surface area contributed by atoms with E-state index >= 15 is 0 Å². The average molecular weight is 468 g/mol. The van der Waals surface area contributed by atoms with Gasteiger partial charge in [-0.05, 0) is 36.2 Å². The van der Waals surface area contributed by atoms with Crippen LogP contribution in [0.3, 0.4) is 0 Å². The molecule has 1 aliphatic heterocycles. The molecule has 11 heteroatoms. The van der Waals surface area contributed by atoms with E-state index in [0.29, 0.717) is 12.2 Å². The van der Waals surface area contributed by atoms with Crippen molar-refractivity contribution in [2.24, 2.45) is 0 Å². The van der Waals surface area contributed by atoms with Gasteiger partial charge in [0, 0.05) is 42.2 Å². The predicted octanol–water partition coefficient (Wildman–Crippen LogP) is 4.24. The van der Waals surface area contributed by atoms with Gasteiger partial charge < -0.3 is 15.7 Å². The third kappa shape index (κ3) is 5.53. The summed E-state index contributed by atoms with van der Waals surface area (Å²) in [5.74, 6) is 1.51. The number of aliphatic hydroxyl groups excluding tert-OH is 1. The number of thioether (sulfide) groups is 1. The van der Waals surface area contributed by atoms with Crippen LogP contribution >= 0.6 is 23.1 Å². The lowest BCUT2D eigenvalue weighted by Gasteiger charge is -2.14. The van der Waals surface area contributed by atoms with Gasteiger partial charge in [-0.2, -0.15) is 24.9 Å². The number of hydrogen-bond donors (Lipinski definition) is 3. The quantitative estimate of drug-likeness (QED) is 0.500. The van der Waals surface area contributed by atoms with Gasteiger partial charge in [0.1, 0.15) is 10.7 Å². The maximum atomic E-state index is 12.9. The number of halogens is 3. The van der Waals surface area contributed by atoms with Crippen LogP contribution in [-0.2, 0) is 12.7 Å². The molecule has 0 aliphatic carbocycles. The molecule has 0 saturated carbocycles. The first-order valence-electron chi connectivity index (χ1n) is 9.51.